The summed E-state index contributed by atoms with van der Waals surface area (Å²) in [5.41, 5.74) is 0.599. The van der Waals surface area contributed by atoms with Gasteiger partial charge in [-0.2, -0.15) is 0 Å². The van der Waals surface area contributed by atoms with Gasteiger partial charge in [0.25, 0.3) is 0 Å². The lowest BCUT2D eigenvalue weighted by Crippen LogP contribution is -2.33. The lowest BCUT2D eigenvalue weighted by Gasteiger charge is -2.14. The maximum absolute atomic E-state index is 14.7. The van der Waals surface area contributed by atoms with Crippen molar-refractivity contribution in [3.8, 4) is 10.6 Å². The lowest BCUT2D eigenvalue weighted by atomic mass is 10.2. The molecule has 2 N–H and O–H groups in total. The van der Waals surface area contributed by atoms with Crippen LogP contribution in [-0.2, 0) is 27.0 Å². The molecule has 0 radical (unpaired) electrons. The van der Waals surface area contributed by atoms with Crippen LogP contribution in [0, 0.1) is 5.82 Å². The van der Waals surface area contributed by atoms with Gasteiger partial charge < -0.3 is 14.6 Å². The van der Waals surface area contributed by atoms with Crippen molar-refractivity contribution < 1.29 is 27.5 Å². The van der Waals surface area contributed by atoms with Crippen LogP contribution >= 0.6 is 11.3 Å². The number of halogens is 1. The van der Waals surface area contributed by atoms with Gasteiger partial charge in [0, 0.05) is 24.7 Å². The van der Waals surface area contributed by atoms with Crippen LogP contribution in [0.5, 0.6) is 0 Å². The molecule has 1 saturated heterocycles. The summed E-state index contributed by atoms with van der Waals surface area (Å²) in [4.78, 5) is 24.4. The lowest BCUT2D eigenvalue weighted by molar-refractivity contribution is -0.119. The third-order valence-corrected chi connectivity index (χ3v) is 5.78. The summed E-state index contributed by atoms with van der Waals surface area (Å²) in [5.74, 6) is -0.636. The van der Waals surface area contributed by atoms with Crippen LogP contribution in [0.4, 0.5) is 14.9 Å². The summed E-state index contributed by atoms with van der Waals surface area (Å²) in [5, 5.41) is 11.6. The van der Waals surface area contributed by atoms with E-state index in [9.17, 15) is 18.2 Å². The number of benzene rings is 1. The second-order valence-corrected chi connectivity index (χ2v) is 8.46. The molecule has 3 rings (SSSR count). The van der Waals surface area contributed by atoms with Crippen molar-refractivity contribution in [2.75, 3.05) is 23.7 Å². The molecule has 156 valence electrons. The largest absolute Gasteiger partial charge is 0.442 e. The molecule has 0 aliphatic carbocycles. The molecule has 1 aromatic carbocycles. The molecule has 2 aromatic rings. The van der Waals surface area contributed by atoms with E-state index in [1.165, 1.54) is 35.3 Å². The van der Waals surface area contributed by atoms with E-state index in [0.717, 1.165) is 0 Å². The van der Waals surface area contributed by atoms with Crippen molar-refractivity contribution in [3.63, 3.8) is 0 Å². The Bertz CT molecular complexity index is 938. The van der Waals surface area contributed by atoms with Gasteiger partial charge in [0.05, 0.1) is 18.8 Å². The van der Waals surface area contributed by atoms with Gasteiger partial charge >= 0.3 is 6.09 Å². The fraction of sp³-hybridized carbons (Fsp3) is 0.412. The molecule has 1 aliphatic rings. The zero-order valence-electron chi connectivity index (χ0n) is 15.5. The first-order chi connectivity index (χ1) is 13.8. The number of hydrogen-bond acceptors (Lipinski definition) is 7. The highest BCUT2D eigenvalue weighted by Crippen LogP contribution is 2.31. The monoisotopic (exact) mass is 442 g/mol. The number of carbonyl (C=O) groups excluding carboxylic acids is 2. The maximum Gasteiger partial charge on any atom is 0.414 e. The van der Waals surface area contributed by atoms with Crippen molar-refractivity contribution in [1.82, 2.24) is 15.5 Å². The van der Waals surface area contributed by atoms with Gasteiger partial charge in [-0.25, -0.2) is 13.4 Å². The summed E-state index contributed by atoms with van der Waals surface area (Å²) < 4.78 is 39.3. The van der Waals surface area contributed by atoms with E-state index in [2.05, 4.69) is 15.5 Å². The van der Waals surface area contributed by atoms with Gasteiger partial charge in [-0.3, -0.25) is 9.69 Å². The van der Waals surface area contributed by atoms with E-state index in [4.69, 9.17) is 9.29 Å². The first kappa shape index (κ1) is 21.3. The second kappa shape index (κ2) is 9.37. The molecule has 0 saturated carbocycles. The van der Waals surface area contributed by atoms with Crippen molar-refractivity contribution in [2.45, 2.75) is 25.9 Å². The van der Waals surface area contributed by atoms with E-state index in [1.807, 2.05) is 0 Å². The number of amides is 2. The Morgan fingerprint density at radius 3 is 2.97 bits per heavy atom. The molecule has 2 atom stereocenters. The molecule has 2 amide bonds. The zero-order valence-corrected chi connectivity index (χ0v) is 17.1. The Balaban J connectivity index is 1.67. The van der Waals surface area contributed by atoms with Crippen molar-refractivity contribution in [2.24, 2.45) is 0 Å². The smallest absolute Gasteiger partial charge is 0.414 e. The number of ether oxygens (including phenoxy) is 1. The van der Waals surface area contributed by atoms with E-state index in [-0.39, 0.29) is 30.3 Å². The quantitative estimate of drug-likeness (QED) is 0.599. The summed E-state index contributed by atoms with van der Waals surface area (Å²) in [7, 11) is 0. The number of nitrogens with zero attached hydrogens (tertiary/aromatic N) is 3. The minimum Gasteiger partial charge on any atom is -0.442 e. The van der Waals surface area contributed by atoms with Crippen molar-refractivity contribution >= 4 is 40.1 Å². The number of aromatic nitrogens is 2. The summed E-state index contributed by atoms with van der Waals surface area (Å²) >= 11 is -0.640. The number of rotatable bonds is 8. The fourth-order valence-corrected chi connectivity index (χ4v) is 4.05. The van der Waals surface area contributed by atoms with Crippen molar-refractivity contribution in [3.05, 3.63) is 29.0 Å². The number of carbonyl (C=O) groups is 2. The third kappa shape index (κ3) is 5.55. The molecular formula is C17H19FN4O5S2. The minimum absolute atomic E-state index is 0.146. The zero-order chi connectivity index (χ0) is 21.0. The Hall–Kier alpha value is -2.44. The Morgan fingerprint density at radius 2 is 2.28 bits per heavy atom. The van der Waals surface area contributed by atoms with Crippen LogP contribution in [0.15, 0.2) is 18.2 Å². The van der Waals surface area contributed by atoms with Gasteiger partial charge in [0.1, 0.15) is 16.9 Å². The van der Waals surface area contributed by atoms with Crippen molar-refractivity contribution in [1.29, 1.82) is 0 Å². The summed E-state index contributed by atoms with van der Waals surface area (Å²) in [6.07, 6.45) is -0.144. The SMILES string of the molecule is CC(=O)NC[C@H]1CN(c2ccc(-c3nnc(CCCS(=O)O)s3)c(F)c2)C(=O)O1. The molecule has 0 spiro atoms. The number of nitrogens with one attached hydrogen (secondary N) is 1. The van der Waals surface area contributed by atoms with Crippen LogP contribution in [0.2, 0.25) is 0 Å². The summed E-state index contributed by atoms with van der Waals surface area (Å²) in [6.45, 7) is 1.76. The molecular weight excluding hydrogens is 423 g/mol. The first-order valence-electron chi connectivity index (χ1n) is 8.76. The van der Waals surface area contributed by atoms with Crippen LogP contribution in [0.1, 0.15) is 18.4 Å². The van der Waals surface area contributed by atoms with E-state index in [0.29, 0.717) is 28.5 Å². The van der Waals surface area contributed by atoms with E-state index < -0.39 is 29.1 Å². The predicted octanol–water partition coefficient (Wildman–Crippen LogP) is 1.96. The topological polar surface area (TPSA) is 122 Å². The molecule has 1 aliphatic heterocycles. The Labute approximate surface area is 172 Å². The average molecular weight is 442 g/mol. The van der Waals surface area contributed by atoms with Crippen LogP contribution in [0.25, 0.3) is 10.6 Å². The van der Waals surface area contributed by atoms with Crippen LogP contribution < -0.4 is 10.2 Å². The van der Waals surface area contributed by atoms with E-state index in [1.54, 1.807) is 6.07 Å². The maximum atomic E-state index is 14.7. The minimum atomic E-state index is -1.85. The Morgan fingerprint density at radius 1 is 1.48 bits per heavy atom. The molecule has 12 heteroatoms. The van der Waals surface area contributed by atoms with Gasteiger partial charge in [-0.1, -0.05) is 11.3 Å². The fourth-order valence-electron chi connectivity index (χ4n) is 2.75. The molecule has 2 heterocycles. The normalized spacial score (nSPS) is 17.3. The number of cyclic esters (lactones) is 1. The predicted molar refractivity (Wildman–Crippen MR) is 106 cm³/mol. The molecule has 0 bridgehead atoms. The molecule has 9 nitrogen and oxygen atoms in total. The highest BCUT2D eigenvalue weighted by atomic mass is 32.2. The standard InChI is InChI=1S/C17H19FN4O5S2/c1-10(23)19-8-12-9-22(17(24)27-12)11-4-5-13(14(18)7-11)16-21-20-15(28-16)3-2-6-29(25)26/h4-5,7,12H,2-3,6,8-9H2,1H3,(H,19,23)(H,25,26)/t12-/m0/s1. The molecule has 29 heavy (non-hydrogen) atoms. The number of hydrogen-bond donors (Lipinski definition) is 2. The van der Waals surface area contributed by atoms with Gasteiger partial charge in [-0.15, -0.1) is 10.2 Å². The van der Waals surface area contributed by atoms with Crippen LogP contribution in [-0.4, -0.2) is 55.9 Å². The Kier molecular flexibility index (Phi) is 6.87. The van der Waals surface area contributed by atoms with Gasteiger partial charge in [0.15, 0.2) is 16.1 Å². The second-order valence-electron chi connectivity index (χ2n) is 6.35. The number of anilines is 1. The average Bonchev–Trinajstić information content (AvgIpc) is 3.26. The highest BCUT2D eigenvalue weighted by molar-refractivity contribution is 7.79. The van der Waals surface area contributed by atoms with Gasteiger partial charge in [-0.05, 0) is 24.6 Å². The summed E-state index contributed by atoms with van der Waals surface area (Å²) in [6, 6.07) is 4.34. The molecule has 1 fully saturated rings. The highest BCUT2D eigenvalue weighted by Gasteiger charge is 2.32. The molecule has 1 unspecified atom stereocenters. The first-order valence-corrected chi connectivity index (χ1v) is 10.8. The molecule has 1 aromatic heterocycles. The van der Waals surface area contributed by atoms with Gasteiger partial charge in [0.2, 0.25) is 5.91 Å². The van der Waals surface area contributed by atoms with E-state index >= 15 is 0 Å². The third-order valence-electron chi connectivity index (χ3n) is 4.12. The van der Waals surface area contributed by atoms with Crippen LogP contribution in [0.3, 0.4) is 0 Å². The number of aryl methyl sites for hydroxylation is 1.